The number of carboxylic acid groups (broad SMARTS) is 1. The maximum atomic E-state index is 12.3. The minimum atomic E-state index is -3.84. The number of methoxy groups -OCH3 is 2. The summed E-state index contributed by atoms with van der Waals surface area (Å²) in [6, 6.07) is 8.92. The smallest absolute Gasteiger partial charge is 0.346 e. The van der Waals surface area contributed by atoms with Crippen LogP contribution in [0.3, 0.4) is 0 Å². The molecular formula is C16H18N2O7S. The van der Waals surface area contributed by atoms with Crippen LogP contribution in [0, 0.1) is 0 Å². The van der Waals surface area contributed by atoms with Gasteiger partial charge in [0.25, 0.3) is 0 Å². The fourth-order valence-electron chi connectivity index (χ4n) is 2.29. The van der Waals surface area contributed by atoms with Gasteiger partial charge in [0.2, 0.25) is 17.9 Å². The molecule has 0 fully saturated rings. The monoisotopic (exact) mass is 382 g/mol. The molecular weight excluding hydrogens is 364 g/mol. The van der Waals surface area contributed by atoms with Crippen LogP contribution in [0.2, 0.25) is 0 Å². The largest absolute Gasteiger partial charge is 0.481 e. The molecule has 9 nitrogen and oxygen atoms in total. The maximum absolute atomic E-state index is 12.3. The number of sulfone groups is 1. The highest BCUT2D eigenvalue weighted by molar-refractivity contribution is 7.91. The summed E-state index contributed by atoms with van der Waals surface area (Å²) in [5, 5.41) is 8.12. The normalized spacial score (nSPS) is 13.5. The quantitative estimate of drug-likeness (QED) is 0.714. The zero-order chi connectivity index (χ0) is 19.3. The molecule has 10 heteroatoms. The topological polar surface area (TPSA) is 125 Å². The van der Waals surface area contributed by atoms with Gasteiger partial charge in [0.05, 0.1) is 20.3 Å². The summed E-state index contributed by atoms with van der Waals surface area (Å²) in [7, 11) is -1.14. The summed E-state index contributed by atoms with van der Waals surface area (Å²) in [5.41, 5.74) is 0.275. The second-order valence-electron chi connectivity index (χ2n) is 5.27. The molecule has 1 heterocycles. The van der Waals surface area contributed by atoms with E-state index in [2.05, 4.69) is 9.97 Å². The van der Waals surface area contributed by atoms with Gasteiger partial charge in [-0.15, -0.1) is 0 Å². The number of carboxylic acids is 1. The van der Waals surface area contributed by atoms with E-state index in [1.807, 2.05) is 0 Å². The average molecular weight is 382 g/mol. The number of hydrogen-bond acceptors (Lipinski definition) is 8. The summed E-state index contributed by atoms with van der Waals surface area (Å²) in [6.07, 6.45) is -0.832. The summed E-state index contributed by atoms with van der Waals surface area (Å²) in [6.45, 7) is 0. The standard InChI is InChI=1S/C16H18N2O7S/c1-23-11-9-12(24-2)18-16(17-11)25-13(15(19)20)14(26(3,21)22)10-7-5-4-6-8-10/h4-9,13-14H,1-3H3,(H,19,20). The minimum Gasteiger partial charge on any atom is -0.481 e. The van der Waals surface area contributed by atoms with Gasteiger partial charge in [0.15, 0.2) is 9.84 Å². The molecule has 0 spiro atoms. The van der Waals surface area contributed by atoms with Crippen molar-refractivity contribution in [3.8, 4) is 17.8 Å². The van der Waals surface area contributed by atoms with E-state index in [1.54, 1.807) is 18.2 Å². The van der Waals surface area contributed by atoms with Crippen LogP contribution in [-0.4, -0.2) is 56.0 Å². The molecule has 2 unspecified atom stereocenters. The number of hydrogen-bond donors (Lipinski definition) is 1. The zero-order valence-electron chi connectivity index (χ0n) is 14.3. The van der Waals surface area contributed by atoms with Crippen molar-refractivity contribution < 1.29 is 32.5 Å². The van der Waals surface area contributed by atoms with Crippen molar-refractivity contribution in [1.82, 2.24) is 9.97 Å². The van der Waals surface area contributed by atoms with Gasteiger partial charge in [-0.25, -0.2) is 13.2 Å². The van der Waals surface area contributed by atoms with Crippen LogP contribution >= 0.6 is 0 Å². The van der Waals surface area contributed by atoms with Crippen molar-refractivity contribution in [3.63, 3.8) is 0 Å². The number of ether oxygens (including phenoxy) is 3. The van der Waals surface area contributed by atoms with E-state index < -0.39 is 27.2 Å². The molecule has 2 atom stereocenters. The summed E-state index contributed by atoms with van der Waals surface area (Å²) in [4.78, 5) is 19.5. The molecule has 0 radical (unpaired) electrons. The van der Waals surface area contributed by atoms with Gasteiger partial charge in [-0.05, 0) is 5.56 Å². The van der Waals surface area contributed by atoms with Crippen molar-refractivity contribution in [2.45, 2.75) is 11.4 Å². The number of nitrogens with zero attached hydrogens (tertiary/aromatic N) is 2. The Kier molecular flexibility index (Phi) is 5.98. The molecule has 0 amide bonds. The third-order valence-corrected chi connectivity index (χ3v) is 4.86. The van der Waals surface area contributed by atoms with E-state index in [0.717, 1.165) is 6.26 Å². The molecule has 2 rings (SSSR count). The molecule has 0 saturated carbocycles. The first kappa shape index (κ1) is 19.4. The van der Waals surface area contributed by atoms with E-state index in [4.69, 9.17) is 14.2 Å². The third kappa shape index (κ3) is 4.60. The van der Waals surface area contributed by atoms with E-state index in [0.29, 0.717) is 0 Å². The average Bonchev–Trinajstić information content (AvgIpc) is 2.60. The summed E-state index contributed by atoms with van der Waals surface area (Å²) in [5.74, 6) is -1.33. The molecule has 1 aromatic carbocycles. The molecule has 0 aliphatic carbocycles. The van der Waals surface area contributed by atoms with Gasteiger partial charge in [-0.1, -0.05) is 30.3 Å². The van der Waals surface area contributed by atoms with Crippen LogP contribution in [0.25, 0.3) is 0 Å². The van der Waals surface area contributed by atoms with E-state index in [9.17, 15) is 18.3 Å². The Hall–Kier alpha value is -2.88. The van der Waals surface area contributed by atoms with Crippen LogP contribution in [0.5, 0.6) is 17.8 Å². The highest BCUT2D eigenvalue weighted by atomic mass is 32.2. The Morgan fingerprint density at radius 3 is 2.04 bits per heavy atom. The highest BCUT2D eigenvalue weighted by Gasteiger charge is 2.39. The highest BCUT2D eigenvalue weighted by Crippen LogP contribution is 2.29. The minimum absolute atomic E-state index is 0.0756. The first-order chi connectivity index (χ1) is 12.3. The van der Waals surface area contributed by atoms with Crippen LogP contribution in [0.1, 0.15) is 10.8 Å². The van der Waals surface area contributed by atoms with Gasteiger partial charge in [-0.2, -0.15) is 9.97 Å². The molecule has 26 heavy (non-hydrogen) atoms. The second-order valence-corrected chi connectivity index (χ2v) is 7.44. The predicted octanol–water partition coefficient (Wildman–Crippen LogP) is 1.11. The molecule has 1 aromatic heterocycles. The maximum Gasteiger partial charge on any atom is 0.346 e. The molecule has 0 saturated heterocycles. The summed E-state index contributed by atoms with van der Waals surface area (Å²) >= 11 is 0. The Labute approximate surface area is 150 Å². The van der Waals surface area contributed by atoms with Gasteiger partial charge in [-0.3, -0.25) is 0 Å². The van der Waals surface area contributed by atoms with Crippen LogP contribution in [-0.2, 0) is 14.6 Å². The molecule has 0 bridgehead atoms. The number of aliphatic carboxylic acids is 1. The van der Waals surface area contributed by atoms with Crippen molar-refractivity contribution in [2.24, 2.45) is 0 Å². The Morgan fingerprint density at radius 2 is 1.62 bits per heavy atom. The van der Waals surface area contributed by atoms with E-state index >= 15 is 0 Å². The second kappa shape index (κ2) is 8.00. The fraction of sp³-hybridized carbons (Fsp3) is 0.312. The third-order valence-electron chi connectivity index (χ3n) is 3.42. The Bertz CT molecular complexity index is 849. The number of aromatic nitrogens is 2. The van der Waals surface area contributed by atoms with E-state index in [-0.39, 0.29) is 23.3 Å². The first-order valence-corrected chi connectivity index (χ1v) is 9.32. The Morgan fingerprint density at radius 1 is 1.08 bits per heavy atom. The molecule has 0 aliphatic rings. The molecule has 2 aromatic rings. The van der Waals surface area contributed by atoms with Crippen molar-refractivity contribution in [1.29, 1.82) is 0 Å². The predicted molar refractivity (Wildman–Crippen MR) is 91.2 cm³/mol. The lowest BCUT2D eigenvalue weighted by molar-refractivity contribution is -0.145. The number of rotatable bonds is 8. The fourth-order valence-corrected chi connectivity index (χ4v) is 3.56. The SMILES string of the molecule is COc1cc(OC)nc(OC(C(=O)O)C(c2ccccc2)S(C)(=O)=O)n1. The lowest BCUT2D eigenvalue weighted by Crippen LogP contribution is -2.38. The lowest BCUT2D eigenvalue weighted by atomic mass is 10.1. The van der Waals surface area contributed by atoms with Crippen LogP contribution in [0.4, 0.5) is 0 Å². The number of benzene rings is 1. The van der Waals surface area contributed by atoms with Crippen molar-refractivity contribution in [2.75, 3.05) is 20.5 Å². The zero-order valence-corrected chi connectivity index (χ0v) is 15.1. The van der Waals surface area contributed by atoms with Crippen molar-refractivity contribution in [3.05, 3.63) is 42.0 Å². The van der Waals surface area contributed by atoms with Crippen molar-refractivity contribution >= 4 is 15.8 Å². The molecule has 1 N–H and O–H groups in total. The van der Waals surface area contributed by atoms with Crippen LogP contribution in [0.15, 0.2) is 36.4 Å². The first-order valence-electron chi connectivity index (χ1n) is 7.36. The van der Waals surface area contributed by atoms with Gasteiger partial charge in [0, 0.05) is 6.26 Å². The molecule has 0 aliphatic heterocycles. The molecule has 140 valence electrons. The van der Waals surface area contributed by atoms with Gasteiger partial charge in [0.1, 0.15) is 5.25 Å². The summed E-state index contributed by atoms with van der Waals surface area (Å²) < 4.78 is 39.9. The van der Waals surface area contributed by atoms with E-state index in [1.165, 1.54) is 32.4 Å². The van der Waals surface area contributed by atoms with Gasteiger partial charge < -0.3 is 19.3 Å². The van der Waals surface area contributed by atoms with Gasteiger partial charge >= 0.3 is 12.0 Å². The lowest BCUT2D eigenvalue weighted by Gasteiger charge is -2.23. The Balaban J connectivity index is 2.49. The van der Waals surface area contributed by atoms with Crippen LogP contribution < -0.4 is 14.2 Å². The number of carbonyl (C=O) groups is 1.